The van der Waals surface area contributed by atoms with E-state index in [4.69, 9.17) is 10.5 Å². The third-order valence-corrected chi connectivity index (χ3v) is 2.22. The molecule has 2 N–H and O–H groups in total. The lowest BCUT2D eigenvalue weighted by molar-refractivity contribution is 0.240. The molecule has 0 spiro atoms. The molecule has 0 aromatic carbocycles. The minimum Gasteiger partial charge on any atom is -0.487 e. The van der Waals surface area contributed by atoms with Gasteiger partial charge in [-0.25, -0.2) is 9.67 Å². The number of aromatic nitrogens is 3. The van der Waals surface area contributed by atoms with Crippen LogP contribution in [0.15, 0.2) is 24.4 Å². The molecule has 2 aromatic heterocycles. The fourth-order valence-electron chi connectivity index (χ4n) is 1.60. The number of nitrogen functional groups attached to an aromatic ring is 1. The first-order chi connectivity index (χ1) is 8.08. The Bertz CT molecular complexity index is 519. The molecule has 0 fully saturated rings. The molecule has 0 saturated carbocycles. The highest BCUT2D eigenvalue weighted by atomic mass is 16.5. The van der Waals surface area contributed by atoms with E-state index in [-0.39, 0.29) is 6.10 Å². The number of aryl methyl sites for hydroxylation is 1. The van der Waals surface area contributed by atoms with Crippen LogP contribution in [0, 0.1) is 6.92 Å². The molecule has 0 amide bonds. The molecule has 0 radical (unpaired) electrons. The van der Waals surface area contributed by atoms with Gasteiger partial charge in [0.1, 0.15) is 5.82 Å². The number of hydrogen-bond donors (Lipinski definition) is 1. The van der Waals surface area contributed by atoms with Crippen LogP contribution in [0.25, 0.3) is 5.82 Å². The summed E-state index contributed by atoms with van der Waals surface area (Å²) >= 11 is 0. The highest BCUT2D eigenvalue weighted by Crippen LogP contribution is 2.22. The van der Waals surface area contributed by atoms with Crippen LogP contribution < -0.4 is 10.5 Å². The maximum absolute atomic E-state index is 5.70. The van der Waals surface area contributed by atoms with Gasteiger partial charge in [0.05, 0.1) is 6.10 Å². The van der Waals surface area contributed by atoms with Crippen molar-refractivity contribution in [3.63, 3.8) is 0 Å². The Balaban J connectivity index is 2.48. The van der Waals surface area contributed by atoms with Crippen LogP contribution in [0.5, 0.6) is 5.75 Å². The lowest BCUT2D eigenvalue weighted by Gasteiger charge is -2.13. The molecular formula is C12H16N4O. The average Bonchev–Trinajstić information content (AvgIpc) is 2.58. The molecule has 0 bridgehead atoms. The number of hydrogen-bond acceptors (Lipinski definition) is 4. The minimum absolute atomic E-state index is 0.0890. The molecule has 0 unspecified atom stereocenters. The molecule has 2 rings (SSSR count). The molecule has 5 heteroatoms. The van der Waals surface area contributed by atoms with Crippen LogP contribution in [0.2, 0.25) is 0 Å². The van der Waals surface area contributed by atoms with Crippen molar-refractivity contribution in [2.24, 2.45) is 0 Å². The molecule has 0 atom stereocenters. The van der Waals surface area contributed by atoms with E-state index in [0.717, 1.165) is 5.69 Å². The van der Waals surface area contributed by atoms with Gasteiger partial charge in [-0.15, -0.1) is 5.10 Å². The predicted molar refractivity (Wildman–Crippen MR) is 66.3 cm³/mol. The Morgan fingerprint density at radius 2 is 2.18 bits per heavy atom. The van der Waals surface area contributed by atoms with Crippen molar-refractivity contribution in [2.45, 2.75) is 26.9 Å². The molecule has 0 aliphatic carbocycles. The third kappa shape index (κ3) is 2.38. The quantitative estimate of drug-likeness (QED) is 0.878. The van der Waals surface area contributed by atoms with Crippen LogP contribution in [0.4, 0.5) is 5.82 Å². The Kier molecular flexibility index (Phi) is 2.99. The number of nitrogens with two attached hydrogens (primary N) is 1. The Morgan fingerprint density at radius 3 is 2.76 bits per heavy atom. The van der Waals surface area contributed by atoms with Crippen molar-refractivity contribution < 1.29 is 4.74 Å². The van der Waals surface area contributed by atoms with Crippen molar-refractivity contribution in [1.29, 1.82) is 0 Å². The monoisotopic (exact) mass is 232 g/mol. The number of pyridine rings is 1. The van der Waals surface area contributed by atoms with Crippen molar-refractivity contribution in [3.05, 3.63) is 30.1 Å². The second kappa shape index (κ2) is 4.45. The zero-order valence-corrected chi connectivity index (χ0v) is 10.2. The maximum Gasteiger partial charge on any atom is 0.196 e. The van der Waals surface area contributed by atoms with Crippen LogP contribution in [-0.4, -0.2) is 20.9 Å². The summed E-state index contributed by atoms with van der Waals surface area (Å²) < 4.78 is 7.39. The lowest BCUT2D eigenvalue weighted by atomic mass is 10.4. The van der Waals surface area contributed by atoms with E-state index in [0.29, 0.717) is 17.4 Å². The van der Waals surface area contributed by atoms with Crippen molar-refractivity contribution >= 4 is 5.82 Å². The summed E-state index contributed by atoms with van der Waals surface area (Å²) in [5.41, 5.74) is 6.59. The van der Waals surface area contributed by atoms with Gasteiger partial charge in [-0.05, 0) is 32.9 Å². The SMILES string of the molecule is Cc1cc(N)nn1-c1ncccc1OC(C)C. The van der Waals surface area contributed by atoms with E-state index in [2.05, 4.69) is 10.1 Å². The molecule has 0 aliphatic rings. The molecule has 90 valence electrons. The van der Waals surface area contributed by atoms with Gasteiger partial charge in [0.25, 0.3) is 0 Å². The molecule has 0 saturated heterocycles. The van der Waals surface area contributed by atoms with Gasteiger partial charge in [-0.2, -0.15) is 0 Å². The van der Waals surface area contributed by atoms with E-state index >= 15 is 0 Å². The highest BCUT2D eigenvalue weighted by molar-refractivity contribution is 5.43. The number of rotatable bonds is 3. The fraction of sp³-hybridized carbons (Fsp3) is 0.333. The zero-order valence-electron chi connectivity index (χ0n) is 10.2. The topological polar surface area (TPSA) is 66.0 Å². The van der Waals surface area contributed by atoms with Gasteiger partial charge in [0.2, 0.25) is 0 Å². The number of nitrogens with zero attached hydrogens (tertiary/aromatic N) is 3. The largest absolute Gasteiger partial charge is 0.487 e. The molecule has 17 heavy (non-hydrogen) atoms. The summed E-state index contributed by atoms with van der Waals surface area (Å²) in [5.74, 6) is 1.84. The maximum atomic E-state index is 5.70. The van der Waals surface area contributed by atoms with E-state index in [9.17, 15) is 0 Å². The van der Waals surface area contributed by atoms with Gasteiger partial charge in [0, 0.05) is 18.0 Å². The van der Waals surface area contributed by atoms with E-state index in [1.165, 1.54) is 0 Å². The zero-order chi connectivity index (χ0) is 12.4. The molecular weight excluding hydrogens is 216 g/mol. The van der Waals surface area contributed by atoms with Gasteiger partial charge >= 0.3 is 0 Å². The van der Waals surface area contributed by atoms with Crippen molar-refractivity contribution in [2.75, 3.05) is 5.73 Å². The van der Waals surface area contributed by atoms with E-state index in [1.807, 2.05) is 32.9 Å². The second-order valence-corrected chi connectivity index (χ2v) is 4.11. The number of anilines is 1. The Morgan fingerprint density at radius 1 is 1.41 bits per heavy atom. The van der Waals surface area contributed by atoms with Gasteiger partial charge in [-0.1, -0.05) is 0 Å². The third-order valence-electron chi connectivity index (χ3n) is 2.22. The Labute approximate surface area is 100 Å². The first-order valence-corrected chi connectivity index (χ1v) is 5.52. The fourth-order valence-corrected chi connectivity index (χ4v) is 1.60. The van der Waals surface area contributed by atoms with Crippen LogP contribution in [-0.2, 0) is 0 Å². The summed E-state index contributed by atoms with van der Waals surface area (Å²) in [6, 6.07) is 5.51. The van der Waals surface area contributed by atoms with Crippen molar-refractivity contribution in [1.82, 2.24) is 14.8 Å². The normalized spacial score (nSPS) is 10.8. The Hall–Kier alpha value is -2.04. The first kappa shape index (κ1) is 11.4. The minimum atomic E-state index is 0.0890. The molecule has 0 aliphatic heterocycles. The van der Waals surface area contributed by atoms with E-state index in [1.54, 1.807) is 16.9 Å². The van der Waals surface area contributed by atoms with Crippen LogP contribution >= 0.6 is 0 Å². The van der Waals surface area contributed by atoms with E-state index < -0.39 is 0 Å². The van der Waals surface area contributed by atoms with Gasteiger partial charge in [-0.3, -0.25) is 0 Å². The summed E-state index contributed by atoms with van der Waals surface area (Å²) in [7, 11) is 0. The molecule has 2 aromatic rings. The lowest BCUT2D eigenvalue weighted by Crippen LogP contribution is -2.11. The van der Waals surface area contributed by atoms with Crippen LogP contribution in [0.1, 0.15) is 19.5 Å². The first-order valence-electron chi connectivity index (χ1n) is 5.52. The smallest absolute Gasteiger partial charge is 0.196 e. The van der Waals surface area contributed by atoms with Gasteiger partial charge in [0.15, 0.2) is 11.6 Å². The highest BCUT2D eigenvalue weighted by Gasteiger charge is 2.12. The summed E-state index contributed by atoms with van der Waals surface area (Å²) in [5, 5.41) is 4.20. The average molecular weight is 232 g/mol. The summed E-state index contributed by atoms with van der Waals surface area (Å²) in [6.45, 7) is 5.87. The number of ether oxygens (including phenoxy) is 1. The van der Waals surface area contributed by atoms with Crippen LogP contribution in [0.3, 0.4) is 0 Å². The molecule has 5 nitrogen and oxygen atoms in total. The van der Waals surface area contributed by atoms with Gasteiger partial charge < -0.3 is 10.5 Å². The standard InChI is InChI=1S/C12H16N4O/c1-8(2)17-10-5-4-6-14-12(10)16-9(3)7-11(13)15-16/h4-8H,1-3H3,(H2,13,15). The second-order valence-electron chi connectivity index (χ2n) is 4.11. The summed E-state index contributed by atoms with van der Waals surface area (Å²) in [6.07, 6.45) is 1.80. The molecule has 2 heterocycles. The van der Waals surface area contributed by atoms with Crippen molar-refractivity contribution in [3.8, 4) is 11.6 Å². The predicted octanol–water partition coefficient (Wildman–Crippen LogP) is 1.95. The summed E-state index contributed by atoms with van der Waals surface area (Å²) in [4.78, 5) is 4.30.